The minimum atomic E-state index is -0.508. The van der Waals surface area contributed by atoms with E-state index in [4.69, 9.17) is 16.3 Å². The fourth-order valence-corrected chi connectivity index (χ4v) is 1.62. The molecule has 1 unspecified atom stereocenters. The molecule has 3 nitrogen and oxygen atoms in total. The number of aliphatic hydroxyl groups excluding tert-OH is 1. The molecule has 2 N–H and O–H groups in total. The van der Waals surface area contributed by atoms with Gasteiger partial charge in [0.05, 0.1) is 18.3 Å². The van der Waals surface area contributed by atoms with E-state index in [2.05, 4.69) is 5.32 Å². The second-order valence-electron chi connectivity index (χ2n) is 5.30. The number of hydrogen-bond acceptors (Lipinski definition) is 3. The van der Waals surface area contributed by atoms with Crippen LogP contribution in [0.15, 0.2) is 24.3 Å². The van der Waals surface area contributed by atoms with Crippen LogP contribution >= 0.6 is 11.6 Å². The van der Waals surface area contributed by atoms with E-state index in [1.807, 2.05) is 45.0 Å². The van der Waals surface area contributed by atoms with Gasteiger partial charge in [0, 0.05) is 18.1 Å². The molecule has 0 aromatic heterocycles. The molecule has 0 amide bonds. The van der Waals surface area contributed by atoms with Crippen molar-refractivity contribution in [3.63, 3.8) is 0 Å². The van der Waals surface area contributed by atoms with E-state index < -0.39 is 6.10 Å². The summed E-state index contributed by atoms with van der Waals surface area (Å²) in [6.07, 6.45) is -0.508. The van der Waals surface area contributed by atoms with Crippen molar-refractivity contribution in [1.82, 2.24) is 5.32 Å². The van der Waals surface area contributed by atoms with Crippen LogP contribution in [0, 0.1) is 0 Å². The summed E-state index contributed by atoms with van der Waals surface area (Å²) in [6, 6.07) is 7.67. The molecule has 0 heterocycles. The van der Waals surface area contributed by atoms with Crippen LogP contribution in [-0.2, 0) is 11.3 Å². The summed E-state index contributed by atoms with van der Waals surface area (Å²) >= 11 is 6.03. The first-order chi connectivity index (χ1) is 8.38. The molecule has 4 heteroatoms. The van der Waals surface area contributed by atoms with Gasteiger partial charge >= 0.3 is 0 Å². The largest absolute Gasteiger partial charge is 0.389 e. The van der Waals surface area contributed by atoms with E-state index in [-0.39, 0.29) is 5.60 Å². The van der Waals surface area contributed by atoms with E-state index in [0.29, 0.717) is 19.7 Å². The van der Waals surface area contributed by atoms with Crippen LogP contribution in [0.3, 0.4) is 0 Å². The van der Waals surface area contributed by atoms with Gasteiger partial charge in [-0.1, -0.05) is 29.8 Å². The number of hydrogen-bond donors (Lipinski definition) is 2. The Kier molecular flexibility index (Phi) is 6.09. The van der Waals surface area contributed by atoms with Crippen molar-refractivity contribution in [1.29, 1.82) is 0 Å². The maximum atomic E-state index is 9.74. The second kappa shape index (κ2) is 7.10. The van der Waals surface area contributed by atoms with Crippen molar-refractivity contribution in [2.45, 2.75) is 39.0 Å². The molecule has 0 aliphatic carbocycles. The monoisotopic (exact) mass is 271 g/mol. The fraction of sp³-hybridized carbons (Fsp3) is 0.571. The molecule has 102 valence electrons. The van der Waals surface area contributed by atoms with E-state index in [9.17, 15) is 5.11 Å². The molecule has 0 fully saturated rings. The lowest BCUT2D eigenvalue weighted by Crippen LogP contribution is -2.33. The third-order valence-electron chi connectivity index (χ3n) is 2.36. The van der Waals surface area contributed by atoms with Crippen LogP contribution in [0.4, 0.5) is 0 Å². The molecule has 0 aliphatic rings. The van der Waals surface area contributed by atoms with Gasteiger partial charge in [0.2, 0.25) is 0 Å². The van der Waals surface area contributed by atoms with Gasteiger partial charge in [0.25, 0.3) is 0 Å². The Morgan fingerprint density at radius 2 is 2.00 bits per heavy atom. The molecule has 18 heavy (non-hydrogen) atoms. The molecule has 1 aromatic rings. The van der Waals surface area contributed by atoms with Crippen LogP contribution in [-0.4, -0.2) is 30.0 Å². The molecule has 0 spiro atoms. The van der Waals surface area contributed by atoms with Crippen molar-refractivity contribution in [3.05, 3.63) is 34.9 Å². The third-order valence-corrected chi connectivity index (χ3v) is 2.73. The summed E-state index contributed by atoms with van der Waals surface area (Å²) < 4.78 is 5.50. The Hall–Kier alpha value is -0.610. The highest BCUT2D eigenvalue weighted by Crippen LogP contribution is 2.14. The Balaban J connectivity index is 2.24. The molecule has 0 radical (unpaired) electrons. The number of benzene rings is 1. The maximum absolute atomic E-state index is 9.74. The molecule has 0 saturated heterocycles. The number of aliphatic hydroxyl groups is 1. The van der Waals surface area contributed by atoms with Crippen molar-refractivity contribution < 1.29 is 9.84 Å². The third kappa shape index (κ3) is 6.36. The molecule has 0 saturated carbocycles. The van der Waals surface area contributed by atoms with Crippen LogP contribution in [0.5, 0.6) is 0 Å². The van der Waals surface area contributed by atoms with E-state index >= 15 is 0 Å². The minimum Gasteiger partial charge on any atom is -0.389 e. The van der Waals surface area contributed by atoms with Gasteiger partial charge in [-0.05, 0) is 32.4 Å². The molecular weight excluding hydrogens is 250 g/mol. The quantitative estimate of drug-likeness (QED) is 0.836. The average Bonchev–Trinajstić information content (AvgIpc) is 2.28. The predicted octanol–water partition coefficient (Wildman–Crippen LogP) is 2.61. The molecule has 1 aromatic carbocycles. The van der Waals surface area contributed by atoms with Crippen LogP contribution in [0.25, 0.3) is 0 Å². The van der Waals surface area contributed by atoms with E-state index in [1.165, 1.54) is 0 Å². The van der Waals surface area contributed by atoms with Gasteiger partial charge in [0.15, 0.2) is 0 Å². The molecule has 1 atom stereocenters. The minimum absolute atomic E-state index is 0.219. The SMILES string of the molecule is CC(C)(C)OCC(O)CNCc1ccccc1Cl. The van der Waals surface area contributed by atoms with Gasteiger partial charge in [-0.25, -0.2) is 0 Å². The topological polar surface area (TPSA) is 41.5 Å². The Morgan fingerprint density at radius 1 is 1.33 bits per heavy atom. The summed E-state index contributed by atoms with van der Waals surface area (Å²) in [4.78, 5) is 0. The molecule has 0 bridgehead atoms. The summed E-state index contributed by atoms with van der Waals surface area (Å²) in [6.45, 7) is 7.37. The number of nitrogens with one attached hydrogen (secondary N) is 1. The Bertz CT molecular complexity index is 363. The molecule has 0 aliphatic heterocycles. The zero-order valence-electron chi connectivity index (χ0n) is 11.2. The van der Waals surface area contributed by atoms with Gasteiger partial charge < -0.3 is 15.2 Å². The molecular formula is C14H22ClNO2. The normalized spacial score (nSPS) is 13.6. The van der Waals surface area contributed by atoms with Crippen LogP contribution < -0.4 is 5.32 Å². The summed E-state index contributed by atoms with van der Waals surface area (Å²) in [5, 5.41) is 13.6. The standard InChI is InChI=1S/C14H22ClNO2/c1-14(2,3)18-10-12(17)9-16-8-11-6-4-5-7-13(11)15/h4-7,12,16-17H,8-10H2,1-3H3. The average molecular weight is 272 g/mol. The first-order valence-corrected chi connectivity index (χ1v) is 6.52. The number of ether oxygens (including phenoxy) is 1. The fourth-order valence-electron chi connectivity index (χ4n) is 1.42. The summed E-state index contributed by atoms with van der Waals surface area (Å²) in [5.41, 5.74) is 0.812. The van der Waals surface area contributed by atoms with Crippen molar-refractivity contribution in [2.75, 3.05) is 13.2 Å². The van der Waals surface area contributed by atoms with Gasteiger partial charge in [-0.3, -0.25) is 0 Å². The first-order valence-electron chi connectivity index (χ1n) is 6.14. The lowest BCUT2D eigenvalue weighted by Gasteiger charge is -2.22. The Morgan fingerprint density at radius 3 is 2.61 bits per heavy atom. The summed E-state index contributed by atoms with van der Waals surface area (Å²) in [5.74, 6) is 0. The number of halogens is 1. The number of rotatable bonds is 6. The lowest BCUT2D eigenvalue weighted by molar-refractivity contribution is -0.0479. The summed E-state index contributed by atoms with van der Waals surface area (Å²) in [7, 11) is 0. The van der Waals surface area contributed by atoms with E-state index in [0.717, 1.165) is 10.6 Å². The van der Waals surface area contributed by atoms with Crippen LogP contribution in [0.2, 0.25) is 5.02 Å². The van der Waals surface area contributed by atoms with Crippen LogP contribution in [0.1, 0.15) is 26.3 Å². The van der Waals surface area contributed by atoms with Crippen molar-refractivity contribution in [2.24, 2.45) is 0 Å². The predicted molar refractivity (Wildman–Crippen MR) is 74.9 cm³/mol. The highest BCUT2D eigenvalue weighted by molar-refractivity contribution is 6.31. The van der Waals surface area contributed by atoms with Gasteiger partial charge in [0.1, 0.15) is 0 Å². The highest BCUT2D eigenvalue weighted by Gasteiger charge is 2.13. The maximum Gasteiger partial charge on any atom is 0.0898 e. The van der Waals surface area contributed by atoms with E-state index in [1.54, 1.807) is 0 Å². The zero-order chi connectivity index (χ0) is 13.6. The van der Waals surface area contributed by atoms with Gasteiger partial charge in [-0.2, -0.15) is 0 Å². The zero-order valence-corrected chi connectivity index (χ0v) is 12.0. The first kappa shape index (κ1) is 15.4. The lowest BCUT2D eigenvalue weighted by atomic mass is 10.2. The molecule has 1 rings (SSSR count). The highest BCUT2D eigenvalue weighted by atomic mass is 35.5. The smallest absolute Gasteiger partial charge is 0.0898 e. The second-order valence-corrected chi connectivity index (χ2v) is 5.71. The Labute approximate surface area is 114 Å². The van der Waals surface area contributed by atoms with Gasteiger partial charge in [-0.15, -0.1) is 0 Å². The van der Waals surface area contributed by atoms with Crippen molar-refractivity contribution >= 4 is 11.6 Å². The van der Waals surface area contributed by atoms with Crippen molar-refractivity contribution in [3.8, 4) is 0 Å².